The van der Waals surface area contributed by atoms with Crippen molar-refractivity contribution < 1.29 is 20.4 Å². The van der Waals surface area contributed by atoms with Gasteiger partial charge in [-0.25, -0.2) is 0 Å². The molecule has 0 bridgehead atoms. The van der Waals surface area contributed by atoms with Gasteiger partial charge in [0.05, 0.1) is 30.3 Å². The third-order valence-corrected chi connectivity index (χ3v) is 9.98. The van der Waals surface area contributed by atoms with Gasteiger partial charge in [-0.05, 0) is 40.1 Å². The van der Waals surface area contributed by atoms with Crippen LogP contribution in [0.3, 0.4) is 0 Å². The molecule has 44 heavy (non-hydrogen) atoms. The molecule has 8 rings (SSSR count). The van der Waals surface area contributed by atoms with Gasteiger partial charge < -0.3 is 35.1 Å². The first-order valence-electron chi connectivity index (χ1n) is 15.0. The molecule has 2 atom stereocenters. The fourth-order valence-electron chi connectivity index (χ4n) is 8.27. The van der Waals surface area contributed by atoms with Crippen LogP contribution >= 0.6 is 0 Å². The summed E-state index contributed by atoms with van der Waals surface area (Å²) in [6, 6.07) is 25.2. The van der Waals surface area contributed by atoms with E-state index in [4.69, 9.17) is 0 Å². The van der Waals surface area contributed by atoms with Gasteiger partial charge >= 0.3 is 0 Å². The average molecular weight is 586 g/mol. The summed E-state index contributed by atoms with van der Waals surface area (Å²) in [7, 11) is 8.08. The summed E-state index contributed by atoms with van der Waals surface area (Å²) in [5, 5.41) is 53.9. The zero-order chi connectivity index (χ0) is 30.6. The molecule has 1 heterocycles. The van der Waals surface area contributed by atoms with Crippen LogP contribution < -0.4 is 14.7 Å². The number of benzene rings is 6. The van der Waals surface area contributed by atoms with Gasteiger partial charge in [0.15, 0.2) is 0 Å². The Morgan fingerprint density at radius 1 is 0.591 bits per heavy atom. The molecule has 7 nitrogen and oxygen atoms in total. The third kappa shape index (κ3) is 3.39. The van der Waals surface area contributed by atoms with Crippen molar-refractivity contribution in [1.29, 1.82) is 0 Å². The lowest BCUT2D eigenvalue weighted by atomic mass is 9.60. The minimum absolute atomic E-state index is 0.116. The number of phenols is 2. The number of fused-ring (bicyclic) bond motifs is 4. The van der Waals surface area contributed by atoms with Crippen molar-refractivity contribution in [2.75, 3.05) is 49.6 Å². The number of nitrogens with zero attached hydrogens (tertiary/aromatic N) is 3. The topological polar surface area (TPSA) is 90.6 Å². The Morgan fingerprint density at radius 3 is 1.77 bits per heavy atom. The molecule has 7 heteroatoms. The second-order valence-electron chi connectivity index (χ2n) is 12.6. The quantitative estimate of drug-likeness (QED) is 0.183. The average Bonchev–Trinajstić information content (AvgIpc) is 3.00. The van der Waals surface area contributed by atoms with Gasteiger partial charge in [-0.1, -0.05) is 60.7 Å². The Bertz CT molecular complexity index is 2150. The van der Waals surface area contributed by atoms with Crippen LogP contribution in [0.15, 0.2) is 78.9 Å². The molecular weight excluding hydrogens is 550 g/mol. The first-order chi connectivity index (χ1) is 21.2. The lowest BCUT2D eigenvalue weighted by Gasteiger charge is -2.49. The van der Waals surface area contributed by atoms with Crippen LogP contribution in [-0.2, 0) is 0 Å². The fourth-order valence-corrected chi connectivity index (χ4v) is 8.27. The van der Waals surface area contributed by atoms with E-state index in [1.165, 1.54) is 0 Å². The zero-order valence-corrected chi connectivity index (χ0v) is 25.2. The van der Waals surface area contributed by atoms with Gasteiger partial charge in [0.25, 0.3) is 0 Å². The molecule has 1 aliphatic heterocycles. The summed E-state index contributed by atoms with van der Waals surface area (Å²) in [6.07, 6.45) is -1.94. The molecule has 0 aromatic heterocycles. The van der Waals surface area contributed by atoms with Crippen LogP contribution in [0.4, 0.5) is 17.1 Å². The molecule has 222 valence electrons. The predicted octanol–water partition coefficient (Wildman–Crippen LogP) is 6.22. The summed E-state index contributed by atoms with van der Waals surface area (Å²) in [5.41, 5.74) is 4.57. The van der Waals surface area contributed by atoms with Gasteiger partial charge in [0.1, 0.15) is 11.5 Å². The van der Waals surface area contributed by atoms with Crippen LogP contribution in [0.25, 0.3) is 43.1 Å². The van der Waals surface area contributed by atoms with Crippen LogP contribution in [-0.4, -0.2) is 67.5 Å². The zero-order valence-electron chi connectivity index (χ0n) is 25.2. The molecule has 2 unspecified atom stereocenters. The van der Waals surface area contributed by atoms with E-state index in [1.807, 2.05) is 80.6 Å². The number of aliphatic hydroxyl groups is 2. The molecular formula is C37H35N3O4. The molecule has 0 saturated heterocycles. The van der Waals surface area contributed by atoms with Crippen LogP contribution in [0.1, 0.15) is 23.0 Å². The molecule has 2 aliphatic rings. The van der Waals surface area contributed by atoms with E-state index in [2.05, 4.69) is 29.0 Å². The van der Waals surface area contributed by atoms with Crippen molar-refractivity contribution in [2.24, 2.45) is 0 Å². The molecule has 6 aromatic rings. The van der Waals surface area contributed by atoms with Gasteiger partial charge in [0.2, 0.25) is 0 Å². The Morgan fingerprint density at radius 2 is 1.11 bits per heavy atom. The Balaban J connectivity index is 1.41. The van der Waals surface area contributed by atoms with Gasteiger partial charge in [-0.3, -0.25) is 0 Å². The lowest BCUT2D eigenvalue weighted by Crippen LogP contribution is -2.52. The van der Waals surface area contributed by atoms with Crippen molar-refractivity contribution in [1.82, 2.24) is 0 Å². The number of anilines is 3. The van der Waals surface area contributed by atoms with E-state index in [9.17, 15) is 20.4 Å². The highest BCUT2D eigenvalue weighted by Gasteiger charge is 2.53. The molecule has 0 amide bonds. The second kappa shape index (κ2) is 9.39. The molecule has 4 N–H and O–H groups in total. The normalized spacial score (nSPS) is 21.4. The maximum Gasteiger partial charge on any atom is 0.123 e. The van der Waals surface area contributed by atoms with E-state index >= 15 is 0 Å². The minimum Gasteiger partial charge on any atom is -0.507 e. The highest BCUT2D eigenvalue weighted by atomic mass is 16.3. The maximum absolute atomic E-state index is 12.2. The van der Waals surface area contributed by atoms with Crippen molar-refractivity contribution in [2.45, 2.75) is 24.0 Å². The van der Waals surface area contributed by atoms with Crippen molar-refractivity contribution in [3.05, 3.63) is 90.0 Å². The van der Waals surface area contributed by atoms with Crippen LogP contribution in [0.2, 0.25) is 0 Å². The standard InChI is InChI=1S/C37H35N3O4/c1-38(2)34-20-11-6-5-10-19(20)30(28-22(34)13-8-16-25(28)41)32-36(43)33(37(32)44)31-21-12-7-15-24-27(21)35(40(4)18-39(24)3)23-14-9-17-26(42)29(23)31/h5-17,32-33,36-37,41-44H,18H2,1-4H3. The monoisotopic (exact) mass is 585 g/mol. The fraction of sp³-hybridized carbons (Fsp3) is 0.243. The molecule has 0 spiro atoms. The van der Waals surface area contributed by atoms with E-state index in [1.54, 1.807) is 12.1 Å². The first kappa shape index (κ1) is 26.9. The number of rotatable bonds is 3. The smallest absolute Gasteiger partial charge is 0.123 e. The summed E-state index contributed by atoms with van der Waals surface area (Å²) >= 11 is 0. The Hall–Kier alpha value is -4.72. The van der Waals surface area contributed by atoms with Crippen molar-refractivity contribution in [3.8, 4) is 11.5 Å². The van der Waals surface area contributed by atoms with E-state index in [0.29, 0.717) is 17.4 Å². The van der Waals surface area contributed by atoms with Crippen LogP contribution in [0.5, 0.6) is 11.5 Å². The largest absolute Gasteiger partial charge is 0.507 e. The van der Waals surface area contributed by atoms with Gasteiger partial charge in [0, 0.05) is 78.0 Å². The van der Waals surface area contributed by atoms with Crippen molar-refractivity contribution >= 4 is 60.2 Å². The van der Waals surface area contributed by atoms with Crippen LogP contribution in [0, 0.1) is 0 Å². The molecule has 1 aliphatic carbocycles. The summed E-state index contributed by atoms with van der Waals surface area (Å²) in [6.45, 7) is 0.694. The summed E-state index contributed by atoms with van der Waals surface area (Å²) in [5.74, 6) is -1.08. The number of aliphatic hydroxyl groups excluding tert-OH is 2. The maximum atomic E-state index is 12.2. The number of phenolic OH excluding ortho intramolecular Hbond substituents is 2. The van der Waals surface area contributed by atoms with Gasteiger partial charge in [-0.15, -0.1) is 0 Å². The number of aromatic hydroxyl groups is 2. The highest BCUT2D eigenvalue weighted by Crippen LogP contribution is 2.58. The predicted molar refractivity (Wildman–Crippen MR) is 180 cm³/mol. The van der Waals surface area contributed by atoms with E-state index < -0.39 is 24.0 Å². The van der Waals surface area contributed by atoms with E-state index in [0.717, 1.165) is 60.5 Å². The SMILES string of the molecule is CN(C)c1c2ccccc2c(C2C(O)C(c3c4cccc5c4c(c4cccc(O)c34)N(C)CN5C)C2O)c2c(O)cccc12. The van der Waals surface area contributed by atoms with Gasteiger partial charge in [-0.2, -0.15) is 0 Å². The molecule has 1 saturated carbocycles. The Labute approximate surface area is 255 Å². The molecule has 1 fully saturated rings. The lowest BCUT2D eigenvalue weighted by molar-refractivity contribution is -0.0766. The first-order valence-corrected chi connectivity index (χ1v) is 15.0. The van der Waals surface area contributed by atoms with E-state index in [-0.39, 0.29) is 11.5 Å². The van der Waals surface area contributed by atoms with Crippen molar-refractivity contribution in [3.63, 3.8) is 0 Å². The number of hydrogen-bond donors (Lipinski definition) is 4. The highest BCUT2D eigenvalue weighted by molar-refractivity contribution is 6.21. The Kier molecular flexibility index (Phi) is 5.73. The minimum atomic E-state index is -0.972. The molecule has 0 radical (unpaired) electrons. The number of hydrogen-bond acceptors (Lipinski definition) is 7. The second-order valence-corrected chi connectivity index (χ2v) is 12.6. The molecule has 6 aromatic carbocycles. The third-order valence-electron chi connectivity index (χ3n) is 9.98. The summed E-state index contributed by atoms with van der Waals surface area (Å²) < 4.78 is 0. The summed E-state index contributed by atoms with van der Waals surface area (Å²) in [4.78, 5) is 6.42.